The van der Waals surface area contributed by atoms with Crippen LogP contribution in [-0.2, 0) is 0 Å². The maximum atomic E-state index is 4.51. The maximum Gasteiger partial charge on any atom is 0.151 e. The fourth-order valence-electron chi connectivity index (χ4n) is 1.07. The van der Waals surface area contributed by atoms with E-state index in [1.807, 2.05) is 18.2 Å². The van der Waals surface area contributed by atoms with Crippen LogP contribution in [0.15, 0.2) is 39.7 Å². The SMILES string of the molecule is C=CCSc1nc2cc(Br)ccc2s1. The Bertz CT molecular complexity index is 464. The molecule has 1 nitrogen and oxygen atoms in total. The third-order valence-electron chi connectivity index (χ3n) is 1.65. The minimum Gasteiger partial charge on any atom is -0.230 e. The van der Waals surface area contributed by atoms with Crippen LogP contribution in [0.3, 0.4) is 0 Å². The predicted octanol–water partition coefficient (Wildman–Crippen LogP) is 4.34. The van der Waals surface area contributed by atoms with Crippen molar-refractivity contribution in [2.45, 2.75) is 4.34 Å². The van der Waals surface area contributed by atoms with Crippen LogP contribution in [0.4, 0.5) is 0 Å². The van der Waals surface area contributed by atoms with Crippen LogP contribution in [-0.4, -0.2) is 10.7 Å². The molecule has 0 amide bonds. The Kier molecular flexibility index (Phi) is 3.26. The van der Waals surface area contributed by atoms with E-state index in [1.54, 1.807) is 23.1 Å². The number of aromatic nitrogens is 1. The second-order valence-corrected chi connectivity index (χ2v) is 5.90. The van der Waals surface area contributed by atoms with Gasteiger partial charge >= 0.3 is 0 Å². The van der Waals surface area contributed by atoms with Crippen LogP contribution < -0.4 is 0 Å². The Balaban J connectivity index is 2.36. The number of thioether (sulfide) groups is 1. The highest BCUT2D eigenvalue weighted by molar-refractivity contribution is 9.10. The van der Waals surface area contributed by atoms with E-state index in [9.17, 15) is 0 Å². The zero-order valence-corrected chi connectivity index (χ0v) is 10.6. The number of halogens is 1. The summed E-state index contributed by atoms with van der Waals surface area (Å²) in [5.41, 5.74) is 1.07. The first-order chi connectivity index (χ1) is 6.79. The summed E-state index contributed by atoms with van der Waals surface area (Å²) in [5.74, 6) is 0.918. The summed E-state index contributed by atoms with van der Waals surface area (Å²) >= 11 is 6.89. The lowest BCUT2D eigenvalue weighted by Gasteiger charge is -1.87. The molecule has 1 aromatic heterocycles. The third-order valence-corrected chi connectivity index (χ3v) is 4.32. The topological polar surface area (TPSA) is 12.9 Å². The first-order valence-electron chi connectivity index (χ1n) is 4.09. The number of benzene rings is 1. The quantitative estimate of drug-likeness (QED) is 0.615. The number of nitrogens with zero attached hydrogens (tertiary/aromatic N) is 1. The van der Waals surface area contributed by atoms with Gasteiger partial charge in [0.2, 0.25) is 0 Å². The monoisotopic (exact) mass is 285 g/mol. The van der Waals surface area contributed by atoms with E-state index in [0.29, 0.717) is 0 Å². The van der Waals surface area contributed by atoms with Crippen molar-refractivity contribution in [3.8, 4) is 0 Å². The molecule has 2 rings (SSSR count). The van der Waals surface area contributed by atoms with Crippen molar-refractivity contribution >= 4 is 49.2 Å². The second-order valence-electron chi connectivity index (χ2n) is 2.69. The van der Waals surface area contributed by atoms with Crippen molar-refractivity contribution in [3.63, 3.8) is 0 Å². The number of hydrogen-bond acceptors (Lipinski definition) is 3. The molecular formula is C10H8BrNS2. The molecule has 0 spiro atoms. The lowest BCUT2D eigenvalue weighted by Crippen LogP contribution is -1.71. The van der Waals surface area contributed by atoms with Crippen LogP contribution >= 0.6 is 39.0 Å². The summed E-state index contributed by atoms with van der Waals surface area (Å²) in [4.78, 5) is 4.51. The van der Waals surface area contributed by atoms with Gasteiger partial charge in [0.1, 0.15) is 0 Å². The van der Waals surface area contributed by atoms with Gasteiger partial charge in [-0.2, -0.15) is 0 Å². The highest BCUT2D eigenvalue weighted by atomic mass is 79.9. The van der Waals surface area contributed by atoms with Gasteiger partial charge in [-0.1, -0.05) is 33.8 Å². The van der Waals surface area contributed by atoms with E-state index >= 15 is 0 Å². The molecule has 0 unspecified atom stereocenters. The molecule has 0 saturated heterocycles. The third kappa shape index (κ3) is 2.19. The summed E-state index contributed by atoms with van der Waals surface area (Å²) in [6.45, 7) is 3.69. The summed E-state index contributed by atoms with van der Waals surface area (Å²) in [6.07, 6.45) is 1.90. The minimum atomic E-state index is 0.918. The lowest BCUT2D eigenvalue weighted by atomic mass is 10.3. The highest BCUT2D eigenvalue weighted by Crippen LogP contribution is 2.30. The molecule has 0 radical (unpaired) electrons. The highest BCUT2D eigenvalue weighted by Gasteiger charge is 2.03. The number of rotatable bonds is 3. The zero-order chi connectivity index (χ0) is 9.97. The van der Waals surface area contributed by atoms with Gasteiger partial charge in [-0.15, -0.1) is 17.9 Å². The molecule has 14 heavy (non-hydrogen) atoms. The molecule has 2 aromatic rings. The van der Waals surface area contributed by atoms with Crippen molar-refractivity contribution in [1.29, 1.82) is 0 Å². The second kappa shape index (κ2) is 4.47. The largest absolute Gasteiger partial charge is 0.230 e. The normalized spacial score (nSPS) is 10.6. The van der Waals surface area contributed by atoms with E-state index in [2.05, 4.69) is 33.6 Å². The molecule has 0 bridgehead atoms. The van der Waals surface area contributed by atoms with Gasteiger partial charge < -0.3 is 0 Å². The molecule has 0 aliphatic heterocycles. The molecule has 1 aromatic carbocycles. The Hall–Kier alpha value is -0.320. The fraction of sp³-hybridized carbons (Fsp3) is 0.100. The summed E-state index contributed by atoms with van der Waals surface area (Å²) < 4.78 is 3.42. The van der Waals surface area contributed by atoms with Crippen LogP contribution in [0, 0.1) is 0 Å². The van der Waals surface area contributed by atoms with Gasteiger partial charge in [0.25, 0.3) is 0 Å². The molecule has 0 aliphatic carbocycles. The van der Waals surface area contributed by atoms with Crippen molar-refractivity contribution in [2.75, 3.05) is 5.75 Å². The van der Waals surface area contributed by atoms with Gasteiger partial charge in [0, 0.05) is 10.2 Å². The predicted molar refractivity (Wildman–Crippen MR) is 68.2 cm³/mol. The molecule has 0 fully saturated rings. The maximum absolute atomic E-state index is 4.51. The summed E-state index contributed by atoms with van der Waals surface area (Å²) in [6, 6.07) is 6.18. The van der Waals surface area contributed by atoms with E-state index < -0.39 is 0 Å². The number of fused-ring (bicyclic) bond motifs is 1. The van der Waals surface area contributed by atoms with Gasteiger partial charge in [0.05, 0.1) is 10.2 Å². The first-order valence-corrected chi connectivity index (χ1v) is 6.69. The number of hydrogen-bond donors (Lipinski definition) is 0. The van der Waals surface area contributed by atoms with Gasteiger partial charge in [-0.05, 0) is 18.2 Å². The Morgan fingerprint density at radius 2 is 2.43 bits per heavy atom. The standard InChI is InChI=1S/C10H8BrNS2/c1-2-5-13-10-12-8-6-7(11)3-4-9(8)14-10/h2-4,6H,1,5H2. The molecule has 0 aliphatic rings. The smallest absolute Gasteiger partial charge is 0.151 e. The Morgan fingerprint density at radius 3 is 3.21 bits per heavy atom. The lowest BCUT2D eigenvalue weighted by molar-refractivity contribution is 1.30. The number of thiazole rings is 1. The fourth-order valence-corrected chi connectivity index (χ4v) is 3.23. The summed E-state index contributed by atoms with van der Waals surface area (Å²) in [5, 5.41) is 0. The van der Waals surface area contributed by atoms with E-state index in [-0.39, 0.29) is 0 Å². The van der Waals surface area contributed by atoms with E-state index in [1.165, 1.54) is 4.70 Å². The van der Waals surface area contributed by atoms with Crippen molar-refractivity contribution < 1.29 is 0 Å². The Morgan fingerprint density at radius 1 is 1.57 bits per heavy atom. The average Bonchev–Trinajstić information content (AvgIpc) is 2.56. The van der Waals surface area contributed by atoms with Crippen LogP contribution in [0.1, 0.15) is 0 Å². The van der Waals surface area contributed by atoms with E-state index in [4.69, 9.17) is 0 Å². The van der Waals surface area contributed by atoms with Gasteiger partial charge in [0.15, 0.2) is 4.34 Å². The van der Waals surface area contributed by atoms with Gasteiger partial charge in [-0.3, -0.25) is 0 Å². The van der Waals surface area contributed by atoms with E-state index in [0.717, 1.165) is 20.1 Å². The van der Waals surface area contributed by atoms with Crippen LogP contribution in [0.5, 0.6) is 0 Å². The minimum absolute atomic E-state index is 0.918. The molecule has 4 heteroatoms. The van der Waals surface area contributed by atoms with Crippen LogP contribution in [0.25, 0.3) is 10.2 Å². The van der Waals surface area contributed by atoms with Crippen molar-refractivity contribution in [3.05, 3.63) is 35.3 Å². The van der Waals surface area contributed by atoms with Crippen molar-refractivity contribution in [2.24, 2.45) is 0 Å². The van der Waals surface area contributed by atoms with Crippen molar-refractivity contribution in [1.82, 2.24) is 4.98 Å². The molecule has 0 N–H and O–H groups in total. The average molecular weight is 286 g/mol. The zero-order valence-electron chi connectivity index (χ0n) is 7.37. The van der Waals surface area contributed by atoms with Gasteiger partial charge in [-0.25, -0.2) is 4.98 Å². The molecular weight excluding hydrogens is 278 g/mol. The van der Waals surface area contributed by atoms with Crippen LogP contribution in [0.2, 0.25) is 0 Å². The molecule has 0 saturated carbocycles. The first kappa shape index (κ1) is 10.2. The molecule has 0 atom stereocenters. The molecule has 1 heterocycles. The summed E-state index contributed by atoms with van der Waals surface area (Å²) in [7, 11) is 0. The Labute approximate surface area is 99.4 Å². The molecule has 72 valence electrons.